The Hall–Kier alpha value is -1.97. The molecule has 102 valence electrons. The second kappa shape index (κ2) is 5.57. The molecule has 20 heavy (non-hydrogen) atoms. The van der Waals surface area contributed by atoms with Crippen molar-refractivity contribution in [3.8, 4) is 5.88 Å². The Kier molecular flexibility index (Phi) is 3.63. The van der Waals surface area contributed by atoms with E-state index < -0.39 is 0 Å². The van der Waals surface area contributed by atoms with E-state index in [1.165, 1.54) is 0 Å². The van der Waals surface area contributed by atoms with Crippen LogP contribution in [0.1, 0.15) is 6.92 Å². The van der Waals surface area contributed by atoms with Gasteiger partial charge in [-0.05, 0) is 64.1 Å². The van der Waals surface area contributed by atoms with Gasteiger partial charge >= 0.3 is 0 Å². The van der Waals surface area contributed by atoms with Gasteiger partial charge in [-0.15, -0.1) is 0 Å². The first kappa shape index (κ1) is 13.0. The molecular weight excluding hydrogens is 373 g/mol. The normalized spacial score (nSPS) is 10.7. The van der Waals surface area contributed by atoms with E-state index in [0.717, 1.165) is 9.26 Å². The van der Waals surface area contributed by atoms with E-state index in [-0.39, 0.29) is 0 Å². The molecular formula is C12H10IN5O2. The lowest BCUT2D eigenvalue weighted by Gasteiger charge is -2.09. The molecule has 2 heterocycles. The number of benzene rings is 1. The molecule has 0 saturated carbocycles. The fourth-order valence-corrected chi connectivity index (χ4v) is 1.97. The minimum Gasteiger partial charge on any atom is -0.475 e. The van der Waals surface area contributed by atoms with E-state index in [1.54, 1.807) is 0 Å². The van der Waals surface area contributed by atoms with E-state index in [2.05, 4.69) is 52.8 Å². The lowest BCUT2D eigenvalue weighted by molar-refractivity contribution is 0.312. The molecule has 0 unspecified atom stereocenters. The van der Waals surface area contributed by atoms with Gasteiger partial charge < -0.3 is 10.1 Å². The van der Waals surface area contributed by atoms with E-state index >= 15 is 0 Å². The fourth-order valence-electron chi connectivity index (χ4n) is 1.61. The lowest BCUT2D eigenvalue weighted by atomic mass is 10.3. The van der Waals surface area contributed by atoms with E-state index in [0.29, 0.717) is 29.6 Å². The average molecular weight is 383 g/mol. The molecule has 2 aromatic heterocycles. The van der Waals surface area contributed by atoms with Crippen molar-refractivity contribution < 1.29 is 9.37 Å². The Morgan fingerprint density at radius 3 is 2.55 bits per heavy atom. The average Bonchev–Trinajstić information content (AvgIpc) is 2.89. The van der Waals surface area contributed by atoms with Gasteiger partial charge in [0.15, 0.2) is 5.82 Å². The molecule has 1 N–H and O–H groups in total. The van der Waals surface area contributed by atoms with Crippen molar-refractivity contribution in [2.24, 2.45) is 0 Å². The second-order valence-electron chi connectivity index (χ2n) is 3.85. The highest BCUT2D eigenvalue weighted by Crippen LogP contribution is 2.25. The van der Waals surface area contributed by atoms with Gasteiger partial charge in [0.05, 0.1) is 6.61 Å². The van der Waals surface area contributed by atoms with Gasteiger partial charge in [0, 0.05) is 9.26 Å². The van der Waals surface area contributed by atoms with Crippen LogP contribution < -0.4 is 10.1 Å². The number of halogens is 1. The largest absolute Gasteiger partial charge is 0.475 e. The topological polar surface area (TPSA) is 86.0 Å². The number of ether oxygens (including phenoxy) is 1. The summed E-state index contributed by atoms with van der Waals surface area (Å²) in [6, 6.07) is 7.88. The molecule has 8 heteroatoms. The first-order chi connectivity index (χ1) is 9.76. The molecule has 0 spiro atoms. The monoisotopic (exact) mass is 383 g/mol. The quantitative estimate of drug-likeness (QED) is 0.694. The van der Waals surface area contributed by atoms with Crippen molar-refractivity contribution in [3.63, 3.8) is 0 Å². The summed E-state index contributed by atoms with van der Waals surface area (Å²) in [6.07, 6.45) is 0. The summed E-state index contributed by atoms with van der Waals surface area (Å²) in [6.45, 7) is 2.36. The summed E-state index contributed by atoms with van der Waals surface area (Å²) in [5.41, 5.74) is 1.54. The van der Waals surface area contributed by atoms with Crippen molar-refractivity contribution in [1.82, 2.24) is 20.3 Å². The Morgan fingerprint density at radius 1 is 1.15 bits per heavy atom. The molecule has 7 nitrogen and oxygen atoms in total. The van der Waals surface area contributed by atoms with Crippen LogP contribution in [0.25, 0.3) is 11.3 Å². The smallest absolute Gasteiger partial charge is 0.260 e. The van der Waals surface area contributed by atoms with Crippen LogP contribution >= 0.6 is 22.6 Å². The van der Waals surface area contributed by atoms with Crippen LogP contribution in [-0.2, 0) is 0 Å². The standard InChI is InChI=1S/C12H10IN5O2/c1-2-19-12-11(14-8-5-3-7(13)4-6-8)15-9-10(16-12)18-20-17-9/h3-6H,2H2,1H3,(H,14,15,17). The van der Waals surface area contributed by atoms with Crippen LogP contribution in [0.5, 0.6) is 5.88 Å². The highest BCUT2D eigenvalue weighted by Gasteiger charge is 2.13. The maximum Gasteiger partial charge on any atom is 0.260 e. The maximum absolute atomic E-state index is 5.46. The summed E-state index contributed by atoms with van der Waals surface area (Å²) in [5.74, 6) is 0.852. The summed E-state index contributed by atoms with van der Waals surface area (Å²) in [5, 5.41) is 10.5. The number of nitrogens with one attached hydrogen (secondary N) is 1. The fraction of sp³-hybridized carbons (Fsp3) is 0.167. The van der Waals surface area contributed by atoms with Crippen molar-refractivity contribution in [1.29, 1.82) is 0 Å². The molecule has 0 aliphatic rings. The molecule has 0 saturated heterocycles. The Bertz CT molecular complexity index is 728. The number of nitrogens with zero attached hydrogens (tertiary/aromatic N) is 4. The molecule has 0 bridgehead atoms. The predicted molar refractivity (Wildman–Crippen MR) is 81.0 cm³/mol. The van der Waals surface area contributed by atoms with Crippen LogP contribution in [0.3, 0.4) is 0 Å². The third kappa shape index (κ3) is 2.64. The molecule has 0 amide bonds. The van der Waals surface area contributed by atoms with Crippen LogP contribution in [0.2, 0.25) is 0 Å². The molecule has 0 aliphatic heterocycles. The second-order valence-corrected chi connectivity index (χ2v) is 5.10. The number of aromatic nitrogens is 4. The van der Waals surface area contributed by atoms with E-state index in [4.69, 9.17) is 4.74 Å². The van der Waals surface area contributed by atoms with E-state index in [1.807, 2.05) is 31.2 Å². The minimum absolute atomic E-state index is 0.321. The van der Waals surface area contributed by atoms with Gasteiger partial charge in [-0.3, -0.25) is 0 Å². The maximum atomic E-state index is 5.46. The van der Waals surface area contributed by atoms with E-state index in [9.17, 15) is 0 Å². The highest BCUT2D eigenvalue weighted by atomic mass is 127. The van der Waals surface area contributed by atoms with Gasteiger partial charge in [0.1, 0.15) is 0 Å². The first-order valence-electron chi connectivity index (χ1n) is 5.92. The third-order valence-corrected chi connectivity index (χ3v) is 3.19. The van der Waals surface area contributed by atoms with Crippen LogP contribution in [0, 0.1) is 3.57 Å². The number of hydrogen-bond acceptors (Lipinski definition) is 7. The summed E-state index contributed by atoms with van der Waals surface area (Å²) in [4.78, 5) is 8.53. The van der Waals surface area contributed by atoms with Crippen LogP contribution in [0.4, 0.5) is 11.5 Å². The number of fused-ring (bicyclic) bond motifs is 1. The predicted octanol–water partition coefficient (Wildman–Crippen LogP) is 2.76. The van der Waals surface area contributed by atoms with Crippen molar-refractivity contribution in [2.45, 2.75) is 6.92 Å². The van der Waals surface area contributed by atoms with Gasteiger partial charge in [-0.2, -0.15) is 9.97 Å². The Morgan fingerprint density at radius 2 is 1.85 bits per heavy atom. The zero-order chi connectivity index (χ0) is 13.9. The first-order valence-corrected chi connectivity index (χ1v) is 7.00. The summed E-state index contributed by atoms with van der Waals surface area (Å²) < 4.78 is 11.2. The van der Waals surface area contributed by atoms with Gasteiger partial charge in [-0.1, -0.05) is 0 Å². The van der Waals surface area contributed by atoms with Crippen molar-refractivity contribution in [2.75, 3.05) is 11.9 Å². The molecule has 3 rings (SSSR count). The Balaban J connectivity index is 1.99. The molecule has 3 aromatic rings. The third-order valence-electron chi connectivity index (χ3n) is 2.47. The molecule has 0 aliphatic carbocycles. The van der Waals surface area contributed by atoms with Crippen molar-refractivity contribution >= 4 is 45.4 Å². The molecule has 0 atom stereocenters. The van der Waals surface area contributed by atoms with Gasteiger partial charge in [0.2, 0.25) is 11.3 Å². The molecule has 0 fully saturated rings. The summed E-state index contributed by atoms with van der Waals surface area (Å²) in [7, 11) is 0. The van der Waals surface area contributed by atoms with Crippen LogP contribution in [0.15, 0.2) is 28.9 Å². The number of hydrogen-bond donors (Lipinski definition) is 1. The SMILES string of the molecule is CCOc1nc2nonc2nc1Nc1ccc(I)cc1. The lowest BCUT2D eigenvalue weighted by Crippen LogP contribution is -2.03. The Labute approximate surface area is 127 Å². The highest BCUT2D eigenvalue weighted by molar-refractivity contribution is 14.1. The number of rotatable bonds is 4. The van der Waals surface area contributed by atoms with Crippen molar-refractivity contribution in [3.05, 3.63) is 27.8 Å². The summed E-state index contributed by atoms with van der Waals surface area (Å²) >= 11 is 2.25. The zero-order valence-corrected chi connectivity index (χ0v) is 12.7. The van der Waals surface area contributed by atoms with Crippen LogP contribution in [-0.4, -0.2) is 26.9 Å². The minimum atomic E-state index is 0.321. The number of anilines is 2. The zero-order valence-electron chi connectivity index (χ0n) is 10.5. The van der Waals surface area contributed by atoms with Gasteiger partial charge in [0.25, 0.3) is 5.88 Å². The van der Waals surface area contributed by atoms with Gasteiger partial charge in [-0.25, -0.2) is 4.63 Å². The molecule has 0 radical (unpaired) electrons. The molecule has 1 aromatic carbocycles.